The number of H-pyrrole nitrogens is 1. The molecule has 0 radical (unpaired) electrons. The van der Waals surface area contributed by atoms with Crippen LogP contribution in [-0.2, 0) is 11.2 Å². The lowest BCUT2D eigenvalue weighted by atomic mass is 10.1. The number of carbonyl (C=O) groups is 2. The highest BCUT2D eigenvalue weighted by Gasteiger charge is 2.23. The third-order valence-corrected chi connectivity index (χ3v) is 6.01. The highest BCUT2D eigenvalue weighted by Crippen LogP contribution is 2.32. The predicted octanol–water partition coefficient (Wildman–Crippen LogP) is 5.17. The Morgan fingerprint density at radius 2 is 1.94 bits per heavy atom. The molecular weight excluding hydrogens is 466 g/mol. The van der Waals surface area contributed by atoms with Crippen molar-refractivity contribution in [1.29, 1.82) is 0 Å². The van der Waals surface area contributed by atoms with Crippen molar-refractivity contribution in [3.8, 4) is 11.5 Å². The van der Waals surface area contributed by atoms with E-state index in [4.69, 9.17) is 21.1 Å². The minimum Gasteiger partial charge on any atom is -0.497 e. The summed E-state index contributed by atoms with van der Waals surface area (Å²) in [5, 5.41) is 7.40. The Balaban J connectivity index is 1.24. The Bertz CT molecular complexity index is 1460. The summed E-state index contributed by atoms with van der Waals surface area (Å²) >= 11 is 5.91. The van der Waals surface area contributed by atoms with E-state index in [1.54, 1.807) is 55.7 Å². The maximum absolute atomic E-state index is 12.7. The fourth-order valence-electron chi connectivity index (χ4n) is 3.92. The second kappa shape index (κ2) is 9.56. The summed E-state index contributed by atoms with van der Waals surface area (Å²) < 4.78 is 11.1. The highest BCUT2D eigenvalue weighted by atomic mass is 35.5. The average molecular weight is 488 g/mol. The molecule has 1 aliphatic rings. The van der Waals surface area contributed by atoms with E-state index in [2.05, 4.69) is 15.6 Å². The van der Waals surface area contributed by atoms with E-state index in [0.29, 0.717) is 35.0 Å². The largest absolute Gasteiger partial charge is 0.497 e. The van der Waals surface area contributed by atoms with Crippen LogP contribution in [0.4, 0.5) is 5.69 Å². The van der Waals surface area contributed by atoms with Crippen molar-refractivity contribution in [2.24, 2.45) is 0 Å². The standard InChI is InChI=1S/C27H22ClN3O4/c1-34-20-7-8-22-21(14-20)18(15-30-22)10-11-29-26(32)17-4-9-24-23(13-17)31-27(33)25(35-24)12-16-2-5-19(28)6-3-16/h2-9,12-15,30H,10-11H2,1H3,(H,29,32)(H,31,33). The maximum Gasteiger partial charge on any atom is 0.291 e. The number of hydrogen-bond donors (Lipinski definition) is 3. The first-order valence-electron chi connectivity index (χ1n) is 11.0. The second-order valence-corrected chi connectivity index (χ2v) is 8.50. The van der Waals surface area contributed by atoms with Gasteiger partial charge in [-0.2, -0.15) is 0 Å². The lowest BCUT2D eigenvalue weighted by molar-refractivity contribution is -0.115. The molecule has 1 aromatic heterocycles. The van der Waals surface area contributed by atoms with Gasteiger partial charge in [0.25, 0.3) is 11.8 Å². The summed E-state index contributed by atoms with van der Waals surface area (Å²) in [6.45, 7) is 0.455. The van der Waals surface area contributed by atoms with Crippen LogP contribution in [0.1, 0.15) is 21.5 Å². The predicted molar refractivity (Wildman–Crippen MR) is 136 cm³/mol. The molecule has 0 bridgehead atoms. The number of hydrogen-bond acceptors (Lipinski definition) is 4. The van der Waals surface area contributed by atoms with Gasteiger partial charge in [0.05, 0.1) is 12.8 Å². The Labute approximate surface area is 206 Å². The number of aromatic amines is 1. The third kappa shape index (κ3) is 4.85. The molecule has 0 unspecified atom stereocenters. The van der Waals surface area contributed by atoms with E-state index < -0.39 is 0 Å². The number of ether oxygens (including phenoxy) is 2. The van der Waals surface area contributed by atoms with Crippen LogP contribution in [0.15, 0.2) is 72.6 Å². The number of rotatable bonds is 6. The molecule has 3 aromatic carbocycles. The van der Waals surface area contributed by atoms with Gasteiger partial charge in [0.15, 0.2) is 11.5 Å². The summed E-state index contributed by atoms with van der Waals surface area (Å²) in [6, 6.07) is 17.9. The minimum atomic E-state index is -0.389. The van der Waals surface area contributed by atoms with Gasteiger partial charge in [-0.05, 0) is 72.2 Å². The van der Waals surface area contributed by atoms with E-state index >= 15 is 0 Å². The van der Waals surface area contributed by atoms with Crippen LogP contribution in [0.5, 0.6) is 11.5 Å². The van der Waals surface area contributed by atoms with E-state index in [1.807, 2.05) is 24.4 Å². The summed E-state index contributed by atoms with van der Waals surface area (Å²) in [6.07, 6.45) is 4.23. The number of amides is 2. The lowest BCUT2D eigenvalue weighted by Crippen LogP contribution is -2.27. The fraction of sp³-hybridized carbons (Fsp3) is 0.111. The molecule has 8 heteroatoms. The monoisotopic (exact) mass is 487 g/mol. The van der Waals surface area contributed by atoms with Gasteiger partial charge in [0.1, 0.15) is 5.75 Å². The van der Waals surface area contributed by atoms with Crippen molar-refractivity contribution >= 4 is 46.1 Å². The number of methoxy groups -OCH3 is 1. The van der Waals surface area contributed by atoms with Crippen LogP contribution in [0.2, 0.25) is 5.02 Å². The number of fused-ring (bicyclic) bond motifs is 2. The maximum atomic E-state index is 12.7. The molecule has 176 valence electrons. The normalized spacial score (nSPS) is 13.8. The summed E-state index contributed by atoms with van der Waals surface area (Å²) in [4.78, 5) is 28.5. The molecule has 0 atom stereocenters. The molecule has 4 aromatic rings. The zero-order valence-electron chi connectivity index (χ0n) is 18.9. The highest BCUT2D eigenvalue weighted by molar-refractivity contribution is 6.30. The van der Waals surface area contributed by atoms with Gasteiger partial charge in [-0.15, -0.1) is 0 Å². The summed E-state index contributed by atoms with van der Waals surface area (Å²) in [5.74, 6) is 0.787. The Morgan fingerprint density at radius 1 is 1.11 bits per heavy atom. The van der Waals surface area contributed by atoms with Gasteiger partial charge in [-0.25, -0.2) is 0 Å². The van der Waals surface area contributed by atoms with Gasteiger partial charge in [0, 0.05) is 34.2 Å². The van der Waals surface area contributed by atoms with Crippen LogP contribution in [0.3, 0.4) is 0 Å². The SMILES string of the molecule is COc1ccc2[nH]cc(CCNC(=O)c3ccc4c(c3)NC(=O)C(=Cc3ccc(Cl)cc3)O4)c2c1. The molecule has 0 saturated carbocycles. The molecule has 0 spiro atoms. The van der Waals surface area contributed by atoms with Crippen LogP contribution in [-0.4, -0.2) is 30.5 Å². The molecule has 0 saturated heterocycles. The zero-order chi connectivity index (χ0) is 24.4. The molecule has 5 rings (SSSR count). The second-order valence-electron chi connectivity index (χ2n) is 8.06. The van der Waals surface area contributed by atoms with Gasteiger partial charge >= 0.3 is 0 Å². The molecule has 2 heterocycles. The van der Waals surface area contributed by atoms with Crippen molar-refractivity contribution in [2.75, 3.05) is 19.0 Å². The molecule has 1 aliphatic heterocycles. The lowest BCUT2D eigenvalue weighted by Gasteiger charge is -2.20. The molecule has 0 fully saturated rings. The van der Waals surface area contributed by atoms with Crippen LogP contribution in [0.25, 0.3) is 17.0 Å². The van der Waals surface area contributed by atoms with Crippen molar-refractivity contribution in [3.05, 3.63) is 94.3 Å². The first-order chi connectivity index (χ1) is 17.0. The third-order valence-electron chi connectivity index (χ3n) is 5.76. The van der Waals surface area contributed by atoms with Gasteiger partial charge in [-0.1, -0.05) is 23.7 Å². The zero-order valence-corrected chi connectivity index (χ0v) is 19.6. The van der Waals surface area contributed by atoms with Crippen LogP contribution < -0.4 is 20.1 Å². The van der Waals surface area contributed by atoms with Crippen LogP contribution >= 0.6 is 11.6 Å². The Hall–Kier alpha value is -4.23. The number of carbonyl (C=O) groups excluding carboxylic acids is 2. The first-order valence-corrected chi connectivity index (χ1v) is 11.4. The van der Waals surface area contributed by atoms with Gasteiger partial charge < -0.3 is 25.1 Å². The van der Waals surface area contributed by atoms with Crippen molar-refractivity contribution in [1.82, 2.24) is 10.3 Å². The smallest absolute Gasteiger partial charge is 0.291 e. The number of halogens is 1. The van der Waals surface area contributed by atoms with E-state index in [-0.39, 0.29) is 17.6 Å². The van der Waals surface area contributed by atoms with Crippen molar-refractivity contribution in [3.63, 3.8) is 0 Å². The molecule has 2 amide bonds. The number of anilines is 1. The Morgan fingerprint density at radius 3 is 2.74 bits per heavy atom. The van der Waals surface area contributed by atoms with Crippen molar-refractivity contribution in [2.45, 2.75) is 6.42 Å². The molecule has 3 N–H and O–H groups in total. The van der Waals surface area contributed by atoms with Crippen molar-refractivity contribution < 1.29 is 19.1 Å². The quantitative estimate of drug-likeness (QED) is 0.327. The van der Waals surface area contributed by atoms with Gasteiger partial charge in [0.2, 0.25) is 0 Å². The Kier molecular flexibility index (Phi) is 6.16. The number of aromatic nitrogens is 1. The van der Waals surface area contributed by atoms with E-state index in [9.17, 15) is 9.59 Å². The number of benzene rings is 3. The fourth-order valence-corrected chi connectivity index (χ4v) is 4.04. The minimum absolute atomic E-state index is 0.160. The number of nitrogens with one attached hydrogen (secondary N) is 3. The molecule has 0 aliphatic carbocycles. The molecular formula is C27H22ClN3O4. The summed E-state index contributed by atoms with van der Waals surface area (Å²) in [7, 11) is 1.64. The van der Waals surface area contributed by atoms with E-state index in [1.165, 1.54) is 0 Å². The van der Waals surface area contributed by atoms with Gasteiger partial charge in [-0.3, -0.25) is 9.59 Å². The molecule has 35 heavy (non-hydrogen) atoms. The van der Waals surface area contributed by atoms with E-state index in [0.717, 1.165) is 27.8 Å². The topological polar surface area (TPSA) is 92.5 Å². The average Bonchev–Trinajstić information content (AvgIpc) is 3.27. The molecule has 7 nitrogen and oxygen atoms in total. The summed E-state index contributed by atoms with van der Waals surface area (Å²) in [5.41, 5.74) is 3.76. The van der Waals surface area contributed by atoms with Crippen LogP contribution in [0, 0.1) is 0 Å². The first kappa shape index (κ1) is 22.6.